The molecule has 2 nitrogen and oxygen atoms in total. The Morgan fingerprint density at radius 3 is 2.79 bits per heavy atom. The number of nitrogens with zero attached hydrogens (tertiary/aromatic N) is 1. The lowest BCUT2D eigenvalue weighted by Gasteiger charge is -2.19. The van der Waals surface area contributed by atoms with E-state index in [9.17, 15) is 9.18 Å². The minimum Gasteiger partial charge on any atom is -0.374 e. The summed E-state index contributed by atoms with van der Waals surface area (Å²) >= 11 is 0. The van der Waals surface area contributed by atoms with E-state index in [1.165, 1.54) is 12.1 Å². The van der Waals surface area contributed by atoms with Gasteiger partial charge in [-0.05, 0) is 24.6 Å². The Hall–Kier alpha value is -1.38. The van der Waals surface area contributed by atoms with E-state index in [4.69, 9.17) is 0 Å². The molecule has 0 aromatic heterocycles. The lowest BCUT2D eigenvalue weighted by Crippen LogP contribution is -2.19. The maximum Gasteiger partial charge on any atom is 0.152 e. The Kier molecular flexibility index (Phi) is 3.63. The van der Waals surface area contributed by atoms with Gasteiger partial charge in [-0.15, -0.1) is 0 Å². The van der Waals surface area contributed by atoms with Gasteiger partial charge in [0, 0.05) is 24.8 Å². The lowest BCUT2D eigenvalue weighted by molar-refractivity contribution is 0.112. The van der Waals surface area contributed by atoms with Crippen LogP contribution in [0.25, 0.3) is 0 Å². The molecule has 1 aromatic rings. The minimum atomic E-state index is -0.374. The molecule has 14 heavy (non-hydrogen) atoms. The van der Waals surface area contributed by atoms with Gasteiger partial charge >= 0.3 is 0 Å². The van der Waals surface area contributed by atoms with Crippen molar-refractivity contribution < 1.29 is 9.18 Å². The van der Waals surface area contributed by atoms with Gasteiger partial charge in [0.05, 0.1) is 0 Å². The molecule has 0 aliphatic carbocycles. The van der Waals surface area contributed by atoms with E-state index in [0.29, 0.717) is 11.8 Å². The molecule has 0 aliphatic rings. The van der Waals surface area contributed by atoms with Crippen molar-refractivity contribution in [1.82, 2.24) is 0 Å². The van der Waals surface area contributed by atoms with Crippen molar-refractivity contribution >= 4 is 12.0 Å². The van der Waals surface area contributed by atoms with Crippen LogP contribution in [0.1, 0.15) is 23.7 Å². The number of carbonyl (C=O) groups is 1. The van der Waals surface area contributed by atoms with Gasteiger partial charge in [0.1, 0.15) is 5.82 Å². The zero-order valence-corrected chi connectivity index (χ0v) is 8.46. The highest BCUT2D eigenvalue weighted by molar-refractivity contribution is 5.84. The molecule has 76 valence electrons. The minimum absolute atomic E-state index is 0.374. The van der Waals surface area contributed by atoms with Crippen molar-refractivity contribution in [1.29, 1.82) is 0 Å². The van der Waals surface area contributed by atoms with Gasteiger partial charge in [0.15, 0.2) is 6.29 Å². The first-order chi connectivity index (χ1) is 6.69. The molecule has 1 aromatic carbocycles. The summed E-state index contributed by atoms with van der Waals surface area (Å²) in [5.41, 5.74) is 1.18. The molecular weight excluding hydrogens is 181 g/mol. The number of hydrogen-bond acceptors (Lipinski definition) is 2. The maximum atomic E-state index is 12.8. The van der Waals surface area contributed by atoms with E-state index in [2.05, 4.69) is 6.92 Å². The predicted octanol–water partition coefficient (Wildman–Crippen LogP) is 2.48. The van der Waals surface area contributed by atoms with Gasteiger partial charge in [0.2, 0.25) is 0 Å². The monoisotopic (exact) mass is 195 g/mol. The van der Waals surface area contributed by atoms with E-state index in [-0.39, 0.29) is 5.82 Å². The Morgan fingerprint density at radius 1 is 1.50 bits per heavy atom. The topological polar surface area (TPSA) is 20.3 Å². The number of carbonyl (C=O) groups excluding carboxylic acids is 1. The number of anilines is 1. The fourth-order valence-electron chi connectivity index (χ4n) is 1.42. The SMILES string of the molecule is CCCN(C)c1ccc(F)cc1C=O. The lowest BCUT2D eigenvalue weighted by atomic mass is 10.1. The first-order valence-electron chi connectivity index (χ1n) is 4.65. The van der Waals surface area contributed by atoms with Gasteiger partial charge in [-0.2, -0.15) is 0 Å². The highest BCUT2D eigenvalue weighted by Gasteiger charge is 2.06. The zero-order valence-electron chi connectivity index (χ0n) is 8.46. The average molecular weight is 195 g/mol. The summed E-state index contributed by atoms with van der Waals surface area (Å²) < 4.78 is 12.8. The Bertz CT molecular complexity index is 325. The van der Waals surface area contributed by atoms with Gasteiger partial charge in [0.25, 0.3) is 0 Å². The summed E-state index contributed by atoms with van der Waals surface area (Å²) in [6.45, 7) is 2.91. The van der Waals surface area contributed by atoms with Crippen LogP contribution in [0.15, 0.2) is 18.2 Å². The van der Waals surface area contributed by atoms with Crippen LogP contribution in [0.3, 0.4) is 0 Å². The van der Waals surface area contributed by atoms with Gasteiger partial charge in [-0.3, -0.25) is 4.79 Å². The second-order valence-electron chi connectivity index (χ2n) is 3.24. The third kappa shape index (κ3) is 2.31. The summed E-state index contributed by atoms with van der Waals surface area (Å²) in [6.07, 6.45) is 1.68. The van der Waals surface area contributed by atoms with Crippen LogP contribution in [0.2, 0.25) is 0 Å². The van der Waals surface area contributed by atoms with E-state index < -0.39 is 0 Å². The number of aldehydes is 1. The van der Waals surface area contributed by atoms with Gasteiger partial charge in [-0.1, -0.05) is 6.92 Å². The molecule has 0 saturated carbocycles. The number of benzene rings is 1. The van der Waals surface area contributed by atoms with Crippen molar-refractivity contribution in [2.45, 2.75) is 13.3 Å². The third-order valence-electron chi connectivity index (χ3n) is 2.09. The highest BCUT2D eigenvalue weighted by Crippen LogP contribution is 2.18. The van der Waals surface area contributed by atoms with Crippen molar-refractivity contribution in [2.75, 3.05) is 18.5 Å². The number of rotatable bonds is 4. The van der Waals surface area contributed by atoms with Crippen LogP contribution in [-0.2, 0) is 0 Å². The summed E-state index contributed by atoms with van der Waals surface area (Å²) in [7, 11) is 1.89. The van der Waals surface area contributed by atoms with Gasteiger partial charge < -0.3 is 4.90 Å². The average Bonchev–Trinajstić information content (AvgIpc) is 2.17. The maximum absolute atomic E-state index is 12.8. The molecular formula is C11H14FNO. The normalized spacial score (nSPS) is 9.93. The zero-order chi connectivity index (χ0) is 10.6. The Balaban J connectivity index is 3.01. The highest BCUT2D eigenvalue weighted by atomic mass is 19.1. The molecule has 1 rings (SSSR count). The molecule has 0 aliphatic heterocycles. The van der Waals surface area contributed by atoms with E-state index in [1.807, 2.05) is 11.9 Å². The smallest absolute Gasteiger partial charge is 0.152 e. The van der Waals surface area contributed by atoms with Crippen LogP contribution >= 0.6 is 0 Å². The molecule has 0 bridgehead atoms. The Morgan fingerprint density at radius 2 is 2.21 bits per heavy atom. The van der Waals surface area contributed by atoms with E-state index >= 15 is 0 Å². The van der Waals surface area contributed by atoms with E-state index in [1.54, 1.807) is 6.07 Å². The standard InChI is InChI=1S/C11H14FNO/c1-3-6-13(2)11-5-4-10(12)7-9(11)8-14/h4-5,7-8H,3,6H2,1-2H3. The molecule has 0 heterocycles. The molecule has 0 radical (unpaired) electrons. The molecule has 3 heteroatoms. The second kappa shape index (κ2) is 4.74. The van der Waals surface area contributed by atoms with Gasteiger partial charge in [-0.25, -0.2) is 4.39 Å². The quantitative estimate of drug-likeness (QED) is 0.688. The van der Waals surface area contributed by atoms with Crippen LogP contribution in [-0.4, -0.2) is 19.9 Å². The summed E-state index contributed by atoms with van der Waals surface area (Å²) in [5, 5.41) is 0. The second-order valence-corrected chi connectivity index (χ2v) is 3.24. The molecule has 0 atom stereocenters. The summed E-state index contributed by atoms with van der Waals surface area (Å²) in [4.78, 5) is 12.6. The first-order valence-corrected chi connectivity index (χ1v) is 4.65. The van der Waals surface area contributed by atoms with Crippen molar-refractivity contribution in [3.63, 3.8) is 0 Å². The number of hydrogen-bond donors (Lipinski definition) is 0. The van der Waals surface area contributed by atoms with Crippen LogP contribution in [0, 0.1) is 5.82 Å². The fourth-order valence-corrected chi connectivity index (χ4v) is 1.42. The van der Waals surface area contributed by atoms with Crippen molar-refractivity contribution in [3.8, 4) is 0 Å². The van der Waals surface area contributed by atoms with Crippen LogP contribution in [0.5, 0.6) is 0 Å². The van der Waals surface area contributed by atoms with Crippen molar-refractivity contribution in [2.24, 2.45) is 0 Å². The summed E-state index contributed by atoms with van der Waals surface area (Å²) in [6, 6.07) is 4.26. The Labute approximate surface area is 83.3 Å². The van der Waals surface area contributed by atoms with Crippen LogP contribution < -0.4 is 4.90 Å². The molecule has 0 N–H and O–H groups in total. The molecule has 0 saturated heterocycles. The third-order valence-corrected chi connectivity index (χ3v) is 2.09. The van der Waals surface area contributed by atoms with Crippen LogP contribution in [0.4, 0.5) is 10.1 Å². The first kappa shape index (κ1) is 10.7. The fraction of sp³-hybridized carbons (Fsp3) is 0.364. The molecule has 0 spiro atoms. The molecule has 0 fully saturated rings. The largest absolute Gasteiger partial charge is 0.374 e. The van der Waals surface area contributed by atoms with Crippen molar-refractivity contribution in [3.05, 3.63) is 29.6 Å². The predicted molar refractivity (Wildman–Crippen MR) is 55.3 cm³/mol. The summed E-state index contributed by atoms with van der Waals surface area (Å²) in [5.74, 6) is -0.374. The molecule has 0 unspecified atom stereocenters. The molecule has 0 amide bonds. The van der Waals surface area contributed by atoms with E-state index in [0.717, 1.165) is 18.7 Å². The number of halogens is 1.